The standard InChI is InChI=1S/C10H16F3NS/c1-7-6-14-9(15-7)4-2-3-8(5-9)10(11,12)13/h7-8,14H,2-6H2,1H3. The van der Waals surface area contributed by atoms with Crippen LogP contribution in [0.5, 0.6) is 0 Å². The first-order valence-corrected chi connectivity index (χ1v) is 6.29. The Kier molecular flexibility index (Phi) is 2.97. The van der Waals surface area contributed by atoms with Crippen LogP contribution < -0.4 is 5.32 Å². The van der Waals surface area contributed by atoms with Crippen LogP contribution in [0.25, 0.3) is 0 Å². The van der Waals surface area contributed by atoms with Crippen molar-refractivity contribution in [1.29, 1.82) is 0 Å². The Morgan fingerprint density at radius 2 is 2.13 bits per heavy atom. The van der Waals surface area contributed by atoms with Crippen LogP contribution >= 0.6 is 11.8 Å². The molecule has 5 heteroatoms. The van der Waals surface area contributed by atoms with Gasteiger partial charge in [0.2, 0.25) is 0 Å². The van der Waals surface area contributed by atoms with E-state index in [2.05, 4.69) is 12.2 Å². The smallest absolute Gasteiger partial charge is 0.302 e. The lowest BCUT2D eigenvalue weighted by Crippen LogP contribution is -2.45. The Morgan fingerprint density at radius 3 is 2.67 bits per heavy atom. The molecular weight excluding hydrogens is 223 g/mol. The van der Waals surface area contributed by atoms with Crippen molar-refractivity contribution in [3.8, 4) is 0 Å². The lowest BCUT2D eigenvalue weighted by Gasteiger charge is -2.38. The molecule has 88 valence electrons. The predicted octanol–water partition coefficient (Wildman–Crippen LogP) is 3.16. The Bertz CT molecular complexity index is 239. The zero-order chi connectivity index (χ0) is 11.1. The van der Waals surface area contributed by atoms with Gasteiger partial charge in [-0.05, 0) is 19.3 Å². The van der Waals surface area contributed by atoms with E-state index in [1.54, 1.807) is 11.8 Å². The minimum atomic E-state index is -4.01. The zero-order valence-corrected chi connectivity index (χ0v) is 9.55. The highest BCUT2D eigenvalue weighted by atomic mass is 32.2. The topological polar surface area (TPSA) is 12.0 Å². The normalized spacial score (nSPS) is 42.4. The van der Waals surface area contributed by atoms with Crippen molar-refractivity contribution in [2.75, 3.05) is 6.54 Å². The molecule has 1 N–H and O–H groups in total. The first kappa shape index (κ1) is 11.6. The summed E-state index contributed by atoms with van der Waals surface area (Å²) >= 11 is 1.70. The van der Waals surface area contributed by atoms with Crippen molar-refractivity contribution in [2.45, 2.75) is 48.9 Å². The molecule has 3 unspecified atom stereocenters. The highest BCUT2D eigenvalue weighted by Gasteiger charge is 2.49. The van der Waals surface area contributed by atoms with Crippen LogP contribution in [0.4, 0.5) is 13.2 Å². The van der Waals surface area contributed by atoms with Gasteiger partial charge in [0.15, 0.2) is 0 Å². The summed E-state index contributed by atoms with van der Waals surface area (Å²) in [7, 11) is 0. The first-order valence-electron chi connectivity index (χ1n) is 5.41. The van der Waals surface area contributed by atoms with Gasteiger partial charge in [0, 0.05) is 11.8 Å². The van der Waals surface area contributed by atoms with E-state index in [1.807, 2.05) is 0 Å². The van der Waals surface area contributed by atoms with Crippen LogP contribution in [-0.2, 0) is 0 Å². The second-order valence-corrected chi connectivity index (χ2v) is 6.46. The second kappa shape index (κ2) is 3.84. The molecular formula is C10H16F3NS. The largest absolute Gasteiger partial charge is 0.391 e. The van der Waals surface area contributed by atoms with Gasteiger partial charge in [-0.1, -0.05) is 13.3 Å². The maximum atomic E-state index is 12.6. The Morgan fingerprint density at radius 1 is 1.40 bits per heavy atom. The third-order valence-corrected chi connectivity index (χ3v) is 4.85. The van der Waals surface area contributed by atoms with Crippen molar-refractivity contribution in [2.24, 2.45) is 5.92 Å². The van der Waals surface area contributed by atoms with E-state index in [-0.39, 0.29) is 11.3 Å². The average Bonchev–Trinajstić information content (AvgIpc) is 2.46. The molecule has 0 bridgehead atoms. The molecule has 0 aromatic rings. The van der Waals surface area contributed by atoms with Crippen molar-refractivity contribution in [1.82, 2.24) is 5.32 Å². The minimum absolute atomic E-state index is 0.255. The van der Waals surface area contributed by atoms with Crippen LogP contribution in [0.1, 0.15) is 32.6 Å². The molecule has 2 aliphatic rings. The monoisotopic (exact) mass is 239 g/mol. The lowest BCUT2D eigenvalue weighted by atomic mass is 9.84. The summed E-state index contributed by atoms with van der Waals surface area (Å²) in [5.74, 6) is -1.10. The molecule has 1 spiro atoms. The molecule has 15 heavy (non-hydrogen) atoms. The molecule has 3 atom stereocenters. The number of alkyl halides is 3. The van der Waals surface area contributed by atoms with Crippen LogP contribution in [-0.4, -0.2) is 22.8 Å². The average molecular weight is 239 g/mol. The number of nitrogens with one attached hydrogen (secondary N) is 1. The van der Waals surface area contributed by atoms with Crippen LogP contribution in [0.3, 0.4) is 0 Å². The van der Waals surface area contributed by atoms with Gasteiger partial charge in [-0.25, -0.2) is 0 Å². The Hall–Kier alpha value is 0.100. The molecule has 0 aromatic heterocycles. The van der Waals surface area contributed by atoms with E-state index >= 15 is 0 Å². The van der Waals surface area contributed by atoms with Gasteiger partial charge in [-0.15, -0.1) is 11.8 Å². The molecule has 1 saturated carbocycles. The molecule has 1 aliphatic heterocycles. The van der Waals surface area contributed by atoms with E-state index in [4.69, 9.17) is 0 Å². The fourth-order valence-corrected chi connectivity index (χ4v) is 4.24. The first-order chi connectivity index (χ1) is 6.91. The van der Waals surface area contributed by atoms with Crippen LogP contribution in [0.2, 0.25) is 0 Å². The third-order valence-electron chi connectivity index (χ3n) is 3.31. The number of hydrogen-bond donors (Lipinski definition) is 1. The number of hydrogen-bond acceptors (Lipinski definition) is 2. The quantitative estimate of drug-likeness (QED) is 0.697. The molecule has 1 heterocycles. The van der Waals surface area contributed by atoms with E-state index in [0.29, 0.717) is 18.1 Å². The lowest BCUT2D eigenvalue weighted by molar-refractivity contribution is -0.184. The number of halogens is 3. The summed E-state index contributed by atoms with van der Waals surface area (Å²) in [5.41, 5.74) is 0. The summed E-state index contributed by atoms with van der Waals surface area (Å²) in [6.07, 6.45) is -1.87. The highest BCUT2D eigenvalue weighted by molar-refractivity contribution is 8.01. The predicted molar refractivity (Wildman–Crippen MR) is 55.8 cm³/mol. The number of rotatable bonds is 0. The molecule has 2 fully saturated rings. The SMILES string of the molecule is CC1CNC2(CCCC(C(F)(F)F)C2)S1. The van der Waals surface area contributed by atoms with Gasteiger partial charge in [0.25, 0.3) is 0 Å². The summed E-state index contributed by atoms with van der Waals surface area (Å²) in [4.78, 5) is -0.280. The van der Waals surface area contributed by atoms with Gasteiger partial charge in [0.05, 0.1) is 10.8 Å². The van der Waals surface area contributed by atoms with Crippen molar-refractivity contribution in [3.05, 3.63) is 0 Å². The van der Waals surface area contributed by atoms with Gasteiger partial charge in [-0.2, -0.15) is 13.2 Å². The zero-order valence-electron chi connectivity index (χ0n) is 8.73. The summed E-state index contributed by atoms with van der Waals surface area (Å²) in [6.45, 7) is 2.92. The van der Waals surface area contributed by atoms with Crippen LogP contribution in [0, 0.1) is 5.92 Å². The molecule has 1 nitrogen and oxygen atoms in total. The molecule has 0 radical (unpaired) electrons. The minimum Gasteiger partial charge on any atom is -0.302 e. The Labute approximate surface area is 92.2 Å². The van der Waals surface area contributed by atoms with Crippen LogP contribution in [0.15, 0.2) is 0 Å². The maximum Gasteiger partial charge on any atom is 0.391 e. The van der Waals surface area contributed by atoms with E-state index in [0.717, 1.165) is 13.0 Å². The molecule has 0 amide bonds. The summed E-state index contributed by atoms with van der Waals surface area (Å²) in [5, 5.41) is 3.73. The van der Waals surface area contributed by atoms with Crippen molar-refractivity contribution >= 4 is 11.8 Å². The fourth-order valence-electron chi connectivity index (χ4n) is 2.58. The van der Waals surface area contributed by atoms with Crippen molar-refractivity contribution < 1.29 is 13.2 Å². The summed E-state index contributed by atoms with van der Waals surface area (Å²) in [6, 6.07) is 0. The van der Waals surface area contributed by atoms with E-state index in [1.165, 1.54) is 0 Å². The third kappa shape index (κ3) is 2.44. The second-order valence-electron chi connectivity index (χ2n) is 4.64. The van der Waals surface area contributed by atoms with Gasteiger partial charge < -0.3 is 5.32 Å². The Balaban J connectivity index is 2.04. The van der Waals surface area contributed by atoms with E-state index < -0.39 is 12.1 Å². The molecule has 2 rings (SSSR count). The van der Waals surface area contributed by atoms with Gasteiger partial charge >= 0.3 is 6.18 Å². The molecule has 1 aliphatic carbocycles. The maximum absolute atomic E-state index is 12.6. The van der Waals surface area contributed by atoms with Gasteiger partial charge in [0.1, 0.15) is 0 Å². The highest BCUT2D eigenvalue weighted by Crippen LogP contribution is 2.49. The fraction of sp³-hybridized carbons (Fsp3) is 1.00. The van der Waals surface area contributed by atoms with Crippen molar-refractivity contribution in [3.63, 3.8) is 0 Å². The molecule has 1 saturated heterocycles. The van der Waals surface area contributed by atoms with E-state index in [9.17, 15) is 13.2 Å². The molecule has 0 aromatic carbocycles. The van der Waals surface area contributed by atoms with Gasteiger partial charge in [-0.3, -0.25) is 0 Å². The number of thioether (sulfide) groups is 1. The summed E-state index contributed by atoms with van der Waals surface area (Å²) < 4.78 is 37.9.